The predicted molar refractivity (Wildman–Crippen MR) is 60.6 cm³/mol. The third-order valence-electron chi connectivity index (χ3n) is 3.24. The number of ether oxygens (including phenoxy) is 1. The maximum atomic E-state index is 8.44. The lowest BCUT2D eigenvalue weighted by Crippen LogP contribution is -2.47. The maximum absolute atomic E-state index is 8.44. The van der Waals surface area contributed by atoms with Crippen molar-refractivity contribution >= 4 is 0 Å². The van der Waals surface area contributed by atoms with Crippen LogP contribution < -0.4 is 0 Å². The summed E-state index contributed by atoms with van der Waals surface area (Å²) in [7, 11) is 1.80. The minimum absolute atomic E-state index is 0.0491. The summed E-state index contributed by atoms with van der Waals surface area (Å²) in [6, 6.07) is 2.19. The monoisotopic (exact) mass is 210 g/mol. The molecule has 3 nitrogen and oxygen atoms in total. The molecule has 0 N–H and O–H groups in total. The Morgan fingerprint density at radius 2 is 2.27 bits per heavy atom. The van der Waals surface area contributed by atoms with Crippen molar-refractivity contribution in [2.24, 2.45) is 0 Å². The summed E-state index contributed by atoms with van der Waals surface area (Å²) in [6.45, 7) is 5.52. The summed E-state index contributed by atoms with van der Waals surface area (Å²) in [4.78, 5) is 2.46. The second kappa shape index (κ2) is 6.09. The Kier molecular flexibility index (Phi) is 5.07. The normalized spacial score (nSPS) is 27.5. The highest BCUT2D eigenvalue weighted by molar-refractivity contribution is 4.84. The van der Waals surface area contributed by atoms with Gasteiger partial charge in [-0.05, 0) is 45.7 Å². The van der Waals surface area contributed by atoms with Gasteiger partial charge in [0.2, 0.25) is 0 Å². The van der Waals surface area contributed by atoms with Crippen molar-refractivity contribution in [1.82, 2.24) is 4.90 Å². The van der Waals surface area contributed by atoms with Gasteiger partial charge in [0.05, 0.1) is 11.7 Å². The number of unbranched alkanes of at least 4 members (excludes halogenated alkanes) is 2. The highest BCUT2D eigenvalue weighted by Crippen LogP contribution is 2.23. The molecule has 1 heterocycles. The zero-order valence-electron chi connectivity index (χ0n) is 9.96. The summed E-state index contributed by atoms with van der Waals surface area (Å²) in [5.41, 5.74) is 0.0491. The first kappa shape index (κ1) is 12.5. The van der Waals surface area contributed by atoms with Gasteiger partial charge in [0.15, 0.2) is 0 Å². The first-order valence-electron chi connectivity index (χ1n) is 5.85. The maximum Gasteiger partial charge on any atom is 0.0777 e. The van der Waals surface area contributed by atoms with E-state index in [0.717, 1.165) is 32.4 Å². The predicted octanol–water partition coefficient (Wildman–Crippen LogP) is 2.18. The van der Waals surface area contributed by atoms with Gasteiger partial charge in [0.25, 0.3) is 0 Å². The fourth-order valence-corrected chi connectivity index (χ4v) is 2.20. The number of likely N-dealkylation sites (tertiary alicyclic amines) is 1. The number of methoxy groups -OCH3 is 1. The third-order valence-corrected chi connectivity index (χ3v) is 3.24. The summed E-state index contributed by atoms with van der Waals surface area (Å²) in [5.74, 6) is 0. The number of nitrogens with zero attached hydrogens (tertiary/aromatic N) is 2. The zero-order chi connectivity index (χ0) is 11.1. The summed E-state index contributed by atoms with van der Waals surface area (Å²) in [6.07, 6.45) is 5.24. The third kappa shape index (κ3) is 4.19. The molecule has 1 atom stereocenters. The summed E-state index contributed by atoms with van der Waals surface area (Å²) < 4.78 is 5.54. The quantitative estimate of drug-likeness (QED) is 0.653. The molecule has 0 aromatic heterocycles. The van der Waals surface area contributed by atoms with E-state index in [4.69, 9.17) is 10.00 Å². The van der Waals surface area contributed by atoms with Crippen LogP contribution in [0.25, 0.3) is 0 Å². The Labute approximate surface area is 93.0 Å². The lowest BCUT2D eigenvalue weighted by Gasteiger charge is -2.39. The Morgan fingerprint density at radius 1 is 1.47 bits per heavy atom. The first-order chi connectivity index (χ1) is 7.20. The Bertz CT molecular complexity index is 224. The second-order valence-corrected chi connectivity index (χ2v) is 4.65. The highest BCUT2D eigenvalue weighted by atomic mass is 16.5. The molecular formula is C12H22N2O. The first-order valence-corrected chi connectivity index (χ1v) is 5.85. The number of hydrogen-bond acceptors (Lipinski definition) is 3. The molecule has 1 saturated heterocycles. The number of nitriles is 1. The molecule has 1 unspecified atom stereocenters. The molecule has 1 aliphatic rings. The van der Waals surface area contributed by atoms with Crippen LogP contribution in [0.4, 0.5) is 0 Å². The topological polar surface area (TPSA) is 36.3 Å². The molecule has 0 spiro atoms. The summed E-state index contributed by atoms with van der Waals surface area (Å²) in [5, 5.41) is 8.44. The van der Waals surface area contributed by atoms with Crippen LogP contribution in [-0.2, 0) is 4.74 Å². The summed E-state index contributed by atoms with van der Waals surface area (Å²) >= 11 is 0. The van der Waals surface area contributed by atoms with Crippen molar-refractivity contribution in [1.29, 1.82) is 5.26 Å². The van der Waals surface area contributed by atoms with Crippen molar-refractivity contribution in [3.8, 4) is 6.07 Å². The largest absolute Gasteiger partial charge is 0.377 e. The van der Waals surface area contributed by atoms with Gasteiger partial charge in [0.1, 0.15) is 0 Å². The second-order valence-electron chi connectivity index (χ2n) is 4.65. The number of piperidine rings is 1. The molecule has 1 rings (SSSR count). The molecule has 0 radical (unpaired) electrons. The fraction of sp³-hybridized carbons (Fsp3) is 0.917. The lowest BCUT2D eigenvalue weighted by molar-refractivity contribution is -0.0508. The number of rotatable bonds is 5. The van der Waals surface area contributed by atoms with Crippen molar-refractivity contribution < 1.29 is 4.74 Å². The average molecular weight is 210 g/mol. The van der Waals surface area contributed by atoms with Gasteiger partial charge in [-0.25, -0.2) is 0 Å². The van der Waals surface area contributed by atoms with Crippen molar-refractivity contribution in [3.63, 3.8) is 0 Å². The SMILES string of the molecule is COC1(C)CCCN(CCCCC#N)C1. The van der Waals surface area contributed by atoms with Crippen molar-refractivity contribution in [2.45, 2.75) is 44.6 Å². The van der Waals surface area contributed by atoms with Gasteiger partial charge >= 0.3 is 0 Å². The van der Waals surface area contributed by atoms with Crippen LogP contribution in [0.15, 0.2) is 0 Å². The van der Waals surface area contributed by atoms with E-state index >= 15 is 0 Å². The molecule has 0 bridgehead atoms. The van der Waals surface area contributed by atoms with Gasteiger partial charge in [-0.2, -0.15) is 5.26 Å². The Balaban J connectivity index is 2.22. The van der Waals surface area contributed by atoms with Crippen molar-refractivity contribution in [3.05, 3.63) is 0 Å². The molecule has 0 aromatic rings. The van der Waals surface area contributed by atoms with Gasteiger partial charge in [-0.3, -0.25) is 0 Å². The lowest BCUT2D eigenvalue weighted by atomic mass is 9.94. The highest BCUT2D eigenvalue weighted by Gasteiger charge is 2.30. The van der Waals surface area contributed by atoms with Crippen LogP contribution in [0, 0.1) is 11.3 Å². The van der Waals surface area contributed by atoms with E-state index in [9.17, 15) is 0 Å². The molecule has 0 saturated carbocycles. The van der Waals surface area contributed by atoms with Crippen molar-refractivity contribution in [2.75, 3.05) is 26.7 Å². The standard InChI is InChI=1S/C12H22N2O/c1-12(15-2)7-6-10-14(11-12)9-5-3-4-8-13/h3-7,9-11H2,1-2H3. The van der Waals surface area contributed by atoms with E-state index in [2.05, 4.69) is 17.9 Å². The van der Waals surface area contributed by atoms with Crippen LogP contribution >= 0.6 is 0 Å². The van der Waals surface area contributed by atoms with Gasteiger partial charge in [-0.15, -0.1) is 0 Å². The molecule has 15 heavy (non-hydrogen) atoms. The van der Waals surface area contributed by atoms with E-state index in [1.807, 2.05) is 0 Å². The van der Waals surface area contributed by atoms with Gasteiger partial charge in [0, 0.05) is 20.1 Å². The average Bonchev–Trinajstić information content (AvgIpc) is 2.25. The Morgan fingerprint density at radius 3 is 2.93 bits per heavy atom. The minimum Gasteiger partial charge on any atom is -0.377 e. The van der Waals surface area contributed by atoms with E-state index in [1.165, 1.54) is 13.0 Å². The van der Waals surface area contributed by atoms with Crippen LogP contribution in [0.5, 0.6) is 0 Å². The van der Waals surface area contributed by atoms with Crippen LogP contribution in [0.3, 0.4) is 0 Å². The van der Waals surface area contributed by atoms with E-state index in [-0.39, 0.29) is 5.60 Å². The number of hydrogen-bond donors (Lipinski definition) is 0. The molecule has 0 aromatic carbocycles. The molecular weight excluding hydrogens is 188 g/mol. The fourth-order valence-electron chi connectivity index (χ4n) is 2.20. The minimum atomic E-state index is 0.0491. The smallest absolute Gasteiger partial charge is 0.0777 e. The molecule has 1 fully saturated rings. The van der Waals surface area contributed by atoms with Crippen LogP contribution in [0.2, 0.25) is 0 Å². The molecule has 3 heteroatoms. The Hall–Kier alpha value is -0.590. The zero-order valence-corrected chi connectivity index (χ0v) is 9.96. The molecule has 0 aliphatic carbocycles. The van der Waals surface area contributed by atoms with E-state index in [1.54, 1.807) is 7.11 Å². The van der Waals surface area contributed by atoms with Crippen LogP contribution in [0.1, 0.15) is 39.0 Å². The molecule has 1 aliphatic heterocycles. The molecule has 0 amide bonds. The molecule has 86 valence electrons. The van der Waals surface area contributed by atoms with Gasteiger partial charge in [-0.1, -0.05) is 0 Å². The van der Waals surface area contributed by atoms with E-state index < -0.39 is 0 Å². The van der Waals surface area contributed by atoms with E-state index in [0.29, 0.717) is 6.42 Å². The van der Waals surface area contributed by atoms with Crippen LogP contribution in [-0.4, -0.2) is 37.2 Å². The van der Waals surface area contributed by atoms with Gasteiger partial charge < -0.3 is 9.64 Å².